The number of carbonyl (C=O) groups excluding carboxylic acids is 3. The molecule has 4 heterocycles. The van der Waals surface area contributed by atoms with Gasteiger partial charge in [0.05, 0.1) is 19.2 Å². The number of nitrogen functional groups attached to an aromatic ring is 1. The zero-order chi connectivity index (χ0) is 24.7. The van der Waals surface area contributed by atoms with Crippen LogP contribution in [-0.4, -0.2) is 51.9 Å². The molecule has 2 aliphatic rings. The Balaban J connectivity index is 1.48. The third-order valence-corrected chi connectivity index (χ3v) is 5.80. The number of nitriles is 1. The van der Waals surface area contributed by atoms with E-state index in [1.807, 2.05) is 6.07 Å². The number of fused-ring (bicyclic) bond motifs is 2. The van der Waals surface area contributed by atoms with Crippen LogP contribution in [0.4, 0.5) is 10.6 Å². The molecule has 1 aromatic carbocycles. The van der Waals surface area contributed by atoms with E-state index in [-0.39, 0.29) is 30.4 Å². The van der Waals surface area contributed by atoms with Crippen LogP contribution < -0.4 is 21.1 Å². The molecule has 4 N–H and O–H groups in total. The normalized spacial score (nSPS) is 18.4. The van der Waals surface area contributed by atoms with Gasteiger partial charge in [-0.25, -0.2) is 14.8 Å². The first-order valence-corrected chi connectivity index (χ1v) is 10.4. The highest BCUT2D eigenvalue weighted by Crippen LogP contribution is 2.28. The number of methoxy groups -OCH3 is 1. The van der Waals surface area contributed by atoms with Gasteiger partial charge >= 0.3 is 6.03 Å². The van der Waals surface area contributed by atoms with Gasteiger partial charge in [0.2, 0.25) is 5.54 Å². The van der Waals surface area contributed by atoms with Crippen molar-refractivity contribution in [1.29, 1.82) is 5.26 Å². The van der Waals surface area contributed by atoms with Crippen molar-refractivity contribution >= 4 is 34.7 Å². The van der Waals surface area contributed by atoms with Crippen LogP contribution in [0.25, 0.3) is 11.0 Å². The fraction of sp³-hybridized carbons (Fsp3) is 0.167. The summed E-state index contributed by atoms with van der Waals surface area (Å²) in [5.41, 5.74) is 6.28. The second-order valence-corrected chi connectivity index (χ2v) is 8.05. The molecule has 0 bridgehead atoms. The number of anilines is 1. The van der Waals surface area contributed by atoms with Crippen LogP contribution in [0.15, 0.2) is 36.5 Å². The van der Waals surface area contributed by atoms with Crippen LogP contribution in [0.1, 0.15) is 27.0 Å². The minimum atomic E-state index is -1.66. The van der Waals surface area contributed by atoms with Gasteiger partial charge in [0, 0.05) is 29.3 Å². The molecule has 2 aromatic heterocycles. The van der Waals surface area contributed by atoms with Gasteiger partial charge in [0.15, 0.2) is 5.65 Å². The average Bonchev–Trinajstić information content (AvgIpc) is 3.31. The molecule has 5 rings (SSSR count). The molecule has 3 aromatic rings. The number of hydrogen-bond acceptors (Lipinski definition) is 8. The average molecular weight is 467 g/mol. The maximum absolute atomic E-state index is 13.0. The Hall–Kier alpha value is -5.16. The molecular formula is C24H17N7O4. The van der Waals surface area contributed by atoms with Crippen molar-refractivity contribution in [2.45, 2.75) is 12.1 Å². The van der Waals surface area contributed by atoms with E-state index in [2.05, 4.69) is 32.4 Å². The molecule has 172 valence electrons. The molecule has 1 fully saturated rings. The molecule has 35 heavy (non-hydrogen) atoms. The smallest absolute Gasteiger partial charge is 0.323 e. The summed E-state index contributed by atoms with van der Waals surface area (Å²) in [6, 6.07) is 9.63. The van der Waals surface area contributed by atoms with Crippen molar-refractivity contribution in [1.82, 2.24) is 25.5 Å². The van der Waals surface area contributed by atoms with Gasteiger partial charge in [-0.05, 0) is 29.8 Å². The maximum atomic E-state index is 13.0. The molecule has 0 radical (unpaired) electrons. The van der Waals surface area contributed by atoms with Gasteiger partial charge in [-0.3, -0.25) is 14.9 Å². The highest BCUT2D eigenvalue weighted by Gasteiger charge is 2.48. The SMILES string of the molecule is COc1ccc2c(c1)C(=O)N(C[C@@]1(C#Cc3cnc4nc(N)c(C#N)cc4c3)NC(=O)NC1=O)C2. The number of amides is 4. The number of aromatic nitrogens is 2. The lowest BCUT2D eigenvalue weighted by Crippen LogP contribution is -2.54. The molecule has 0 spiro atoms. The van der Waals surface area contributed by atoms with E-state index < -0.39 is 17.5 Å². The Morgan fingerprint density at radius 1 is 1.26 bits per heavy atom. The lowest BCUT2D eigenvalue weighted by molar-refractivity contribution is -0.122. The number of carbonyl (C=O) groups is 3. The highest BCUT2D eigenvalue weighted by molar-refractivity contribution is 6.10. The van der Waals surface area contributed by atoms with E-state index in [0.29, 0.717) is 27.9 Å². The number of hydrogen-bond donors (Lipinski definition) is 3. The summed E-state index contributed by atoms with van der Waals surface area (Å²) in [6.45, 7) is 0.0946. The lowest BCUT2D eigenvalue weighted by Gasteiger charge is -2.26. The molecule has 0 aliphatic carbocycles. The number of nitrogens with one attached hydrogen (secondary N) is 2. The van der Waals surface area contributed by atoms with Gasteiger partial charge in [0.25, 0.3) is 11.8 Å². The summed E-state index contributed by atoms with van der Waals surface area (Å²) >= 11 is 0. The van der Waals surface area contributed by atoms with E-state index in [0.717, 1.165) is 5.56 Å². The van der Waals surface area contributed by atoms with Crippen molar-refractivity contribution in [3.05, 3.63) is 58.8 Å². The number of nitrogens with zero attached hydrogens (tertiary/aromatic N) is 4. The predicted octanol–water partition coefficient (Wildman–Crippen LogP) is 0.678. The summed E-state index contributed by atoms with van der Waals surface area (Å²) in [4.78, 5) is 47.6. The largest absolute Gasteiger partial charge is 0.497 e. The van der Waals surface area contributed by atoms with Gasteiger partial charge in [-0.15, -0.1) is 0 Å². The number of pyridine rings is 2. The number of nitrogens with two attached hydrogens (primary N) is 1. The minimum absolute atomic E-state index is 0.0736. The van der Waals surface area contributed by atoms with Gasteiger partial charge in [-0.2, -0.15) is 5.26 Å². The van der Waals surface area contributed by atoms with Crippen LogP contribution in [0, 0.1) is 23.2 Å². The van der Waals surface area contributed by atoms with Crippen molar-refractivity contribution < 1.29 is 19.1 Å². The van der Waals surface area contributed by atoms with E-state index in [4.69, 9.17) is 10.5 Å². The fourth-order valence-corrected chi connectivity index (χ4v) is 4.03. The molecule has 1 atom stereocenters. The lowest BCUT2D eigenvalue weighted by atomic mass is 9.99. The van der Waals surface area contributed by atoms with Crippen LogP contribution in [-0.2, 0) is 11.3 Å². The summed E-state index contributed by atoms with van der Waals surface area (Å²) < 4.78 is 5.20. The second-order valence-electron chi connectivity index (χ2n) is 8.05. The monoisotopic (exact) mass is 467 g/mol. The summed E-state index contributed by atoms with van der Waals surface area (Å²) in [5, 5.41) is 14.5. The Morgan fingerprint density at radius 3 is 2.80 bits per heavy atom. The van der Waals surface area contributed by atoms with Crippen LogP contribution in [0.5, 0.6) is 5.75 Å². The first kappa shape index (κ1) is 21.7. The zero-order valence-electron chi connectivity index (χ0n) is 18.4. The Labute approximate surface area is 198 Å². The van der Waals surface area contributed by atoms with Crippen molar-refractivity contribution in [2.75, 3.05) is 19.4 Å². The first-order chi connectivity index (χ1) is 16.8. The fourth-order valence-electron chi connectivity index (χ4n) is 4.03. The molecule has 11 nitrogen and oxygen atoms in total. The minimum Gasteiger partial charge on any atom is -0.497 e. The van der Waals surface area contributed by atoms with Gasteiger partial charge in [0.1, 0.15) is 17.6 Å². The Kier molecular flexibility index (Phi) is 4.96. The standard InChI is InChI=1S/C24H17N7O4/c1-35-17-3-2-14-11-31(21(32)18(14)8-17)12-24(22(33)29-23(34)30-24)5-4-13-6-15-7-16(9-25)19(26)28-20(15)27-10-13/h2-3,6-8,10H,11-12H2,1H3,(H2,26,27,28)(H2,29,30,33,34)/t24-/m1/s1. The molecule has 2 aliphatic heterocycles. The molecule has 1 saturated heterocycles. The van der Waals surface area contributed by atoms with Gasteiger partial charge in [-0.1, -0.05) is 17.9 Å². The van der Waals surface area contributed by atoms with Crippen molar-refractivity contribution in [3.63, 3.8) is 0 Å². The van der Waals surface area contributed by atoms with Crippen LogP contribution in [0.3, 0.4) is 0 Å². The summed E-state index contributed by atoms with van der Waals surface area (Å²) in [7, 11) is 1.51. The molecular weight excluding hydrogens is 450 g/mol. The number of benzene rings is 1. The Morgan fingerprint density at radius 2 is 2.09 bits per heavy atom. The topological polar surface area (TPSA) is 163 Å². The van der Waals surface area contributed by atoms with Gasteiger partial charge < -0.3 is 20.7 Å². The molecule has 4 amide bonds. The number of rotatable bonds is 3. The highest BCUT2D eigenvalue weighted by atomic mass is 16.5. The van der Waals surface area contributed by atoms with E-state index >= 15 is 0 Å². The summed E-state index contributed by atoms with van der Waals surface area (Å²) in [5.74, 6) is 5.35. The third-order valence-electron chi connectivity index (χ3n) is 5.80. The number of imide groups is 1. The molecule has 0 saturated carbocycles. The number of urea groups is 1. The van der Waals surface area contributed by atoms with E-state index in [1.54, 1.807) is 30.3 Å². The first-order valence-electron chi connectivity index (χ1n) is 10.4. The third kappa shape index (κ3) is 3.71. The second kappa shape index (κ2) is 8.01. The molecule has 11 heteroatoms. The number of ether oxygens (including phenoxy) is 1. The maximum Gasteiger partial charge on any atom is 0.323 e. The van der Waals surface area contributed by atoms with Crippen molar-refractivity contribution in [3.8, 4) is 23.7 Å². The van der Waals surface area contributed by atoms with Crippen LogP contribution >= 0.6 is 0 Å². The van der Waals surface area contributed by atoms with E-state index in [9.17, 15) is 19.6 Å². The summed E-state index contributed by atoms with van der Waals surface area (Å²) in [6.07, 6.45) is 1.44. The Bertz CT molecular complexity index is 1550. The van der Waals surface area contributed by atoms with E-state index in [1.165, 1.54) is 18.2 Å². The van der Waals surface area contributed by atoms with Crippen LogP contribution in [0.2, 0.25) is 0 Å². The van der Waals surface area contributed by atoms with Crippen molar-refractivity contribution in [2.24, 2.45) is 0 Å². The quantitative estimate of drug-likeness (QED) is 0.374. The molecule has 0 unspecified atom stereocenters. The predicted molar refractivity (Wildman–Crippen MR) is 123 cm³/mol. The zero-order valence-corrected chi connectivity index (χ0v) is 18.4.